The summed E-state index contributed by atoms with van der Waals surface area (Å²) in [5.74, 6) is 0. The smallest absolute Gasteiger partial charge is 0.261 e. The molecule has 0 radical (unpaired) electrons. The van der Waals surface area contributed by atoms with Gasteiger partial charge in [0, 0.05) is 13.1 Å². The van der Waals surface area contributed by atoms with Gasteiger partial charge in [-0.15, -0.1) is 0 Å². The molecule has 1 heterocycles. The zero-order valence-electron chi connectivity index (χ0n) is 14.3. The summed E-state index contributed by atoms with van der Waals surface area (Å²) >= 11 is 6.44. The van der Waals surface area contributed by atoms with Crippen LogP contribution >= 0.6 is 11.6 Å². The molecule has 0 saturated carbocycles. The van der Waals surface area contributed by atoms with Crippen molar-refractivity contribution in [3.8, 4) is 0 Å². The molecule has 25 heavy (non-hydrogen) atoms. The lowest BCUT2D eigenvalue weighted by atomic mass is 10.2. The number of hydrogen-bond acceptors (Lipinski definition) is 3. The largest absolute Gasteiger partial charge is 0.370 e. The molecule has 2 aromatic rings. The molecule has 1 aliphatic heterocycles. The molecule has 4 nitrogen and oxygen atoms in total. The van der Waals surface area contributed by atoms with Crippen LogP contribution in [0.2, 0.25) is 5.02 Å². The lowest BCUT2D eigenvalue weighted by molar-refractivity contribution is 0.601. The summed E-state index contributed by atoms with van der Waals surface area (Å²) in [7, 11) is -3.61. The van der Waals surface area contributed by atoms with E-state index in [1.165, 1.54) is 12.8 Å². The summed E-state index contributed by atoms with van der Waals surface area (Å²) < 4.78 is 27.6. The van der Waals surface area contributed by atoms with E-state index in [-0.39, 0.29) is 4.90 Å². The molecule has 0 aromatic heterocycles. The Morgan fingerprint density at radius 1 is 0.960 bits per heavy atom. The van der Waals surface area contributed by atoms with Crippen molar-refractivity contribution in [2.24, 2.45) is 0 Å². The van der Waals surface area contributed by atoms with E-state index in [1.807, 2.05) is 13.0 Å². The molecule has 1 aliphatic rings. The Labute approximate surface area is 154 Å². The van der Waals surface area contributed by atoms with Gasteiger partial charge in [0.1, 0.15) is 0 Å². The van der Waals surface area contributed by atoms with Crippen LogP contribution in [0.5, 0.6) is 0 Å². The highest BCUT2D eigenvalue weighted by Crippen LogP contribution is 2.31. The van der Waals surface area contributed by atoms with E-state index in [4.69, 9.17) is 11.6 Å². The second kappa shape index (κ2) is 7.67. The summed E-state index contributed by atoms with van der Waals surface area (Å²) in [6.07, 6.45) is 4.83. The maximum atomic E-state index is 12.5. The predicted molar refractivity (Wildman–Crippen MR) is 104 cm³/mol. The van der Waals surface area contributed by atoms with Gasteiger partial charge in [0.2, 0.25) is 0 Å². The lowest BCUT2D eigenvalue weighted by Gasteiger charge is -2.24. The van der Waals surface area contributed by atoms with Gasteiger partial charge in [0.25, 0.3) is 10.0 Å². The average molecular weight is 379 g/mol. The van der Waals surface area contributed by atoms with E-state index >= 15 is 0 Å². The maximum Gasteiger partial charge on any atom is 0.261 e. The van der Waals surface area contributed by atoms with Crippen molar-refractivity contribution in [1.82, 2.24) is 0 Å². The zero-order chi connectivity index (χ0) is 17.9. The van der Waals surface area contributed by atoms with E-state index in [2.05, 4.69) is 9.62 Å². The molecule has 0 aliphatic carbocycles. The van der Waals surface area contributed by atoms with Gasteiger partial charge in [-0.1, -0.05) is 42.1 Å². The van der Waals surface area contributed by atoms with Crippen molar-refractivity contribution in [1.29, 1.82) is 0 Å². The summed E-state index contributed by atoms with van der Waals surface area (Å²) in [5.41, 5.74) is 2.47. The highest BCUT2D eigenvalue weighted by Gasteiger charge is 2.17. The number of sulfonamides is 1. The van der Waals surface area contributed by atoms with Crippen molar-refractivity contribution in [3.63, 3.8) is 0 Å². The fourth-order valence-corrected chi connectivity index (χ4v) is 4.42. The molecular formula is C19H23ClN2O2S. The summed E-state index contributed by atoms with van der Waals surface area (Å²) in [6, 6.07) is 12.1. The molecule has 1 N–H and O–H groups in total. The van der Waals surface area contributed by atoms with E-state index in [1.54, 1.807) is 36.4 Å². The Hall–Kier alpha value is -1.72. The zero-order valence-corrected chi connectivity index (χ0v) is 15.9. The van der Waals surface area contributed by atoms with Crippen molar-refractivity contribution in [3.05, 3.63) is 53.1 Å². The molecule has 3 rings (SSSR count). The first-order valence-corrected chi connectivity index (χ1v) is 10.5. The normalized spacial score (nSPS) is 15.7. The Morgan fingerprint density at radius 2 is 1.60 bits per heavy atom. The van der Waals surface area contributed by atoms with Crippen molar-refractivity contribution >= 4 is 33.0 Å². The van der Waals surface area contributed by atoms with Gasteiger partial charge in [-0.05, 0) is 50.1 Å². The fourth-order valence-electron chi connectivity index (χ4n) is 3.07. The summed E-state index contributed by atoms with van der Waals surface area (Å²) in [5, 5.41) is 0.575. The molecule has 0 atom stereocenters. The Balaban J connectivity index is 1.79. The van der Waals surface area contributed by atoms with Crippen LogP contribution in [-0.4, -0.2) is 21.5 Å². The second-order valence-electron chi connectivity index (χ2n) is 6.49. The fraction of sp³-hybridized carbons (Fsp3) is 0.368. The quantitative estimate of drug-likeness (QED) is 0.828. The van der Waals surface area contributed by atoms with Gasteiger partial charge in [-0.2, -0.15) is 0 Å². The molecule has 134 valence electrons. The van der Waals surface area contributed by atoms with Crippen LogP contribution in [0, 0.1) is 6.92 Å². The molecule has 0 unspecified atom stereocenters. The van der Waals surface area contributed by atoms with E-state index in [0.717, 1.165) is 37.2 Å². The Morgan fingerprint density at radius 3 is 2.20 bits per heavy atom. The third-order valence-electron chi connectivity index (χ3n) is 4.48. The minimum Gasteiger partial charge on any atom is -0.370 e. The van der Waals surface area contributed by atoms with Gasteiger partial charge in [0.05, 0.1) is 21.3 Å². The summed E-state index contributed by atoms with van der Waals surface area (Å²) in [4.78, 5) is 2.53. The number of nitrogens with zero attached hydrogens (tertiary/aromatic N) is 1. The number of hydrogen-bond donors (Lipinski definition) is 1. The molecule has 2 aromatic carbocycles. The van der Waals surface area contributed by atoms with Gasteiger partial charge in [-0.3, -0.25) is 4.72 Å². The number of anilines is 2. The molecule has 0 bridgehead atoms. The minimum atomic E-state index is -3.61. The highest BCUT2D eigenvalue weighted by molar-refractivity contribution is 7.92. The van der Waals surface area contributed by atoms with E-state index < -0.39 is 10.0 Å². The number of aryl methyl sites for hydroxylation is 1. The third kappa shape index (κ3) is 4.47. The minimum absolute atomic E-state index is 0.241. The lowest BCUT2D eigenvalue weighted by Crippen LogP contribution is -2.24. The van der Waals surface area contributed by atoms with Gasteiger partial charge < -0.3 is 4.90 Å². The number of benzene rings is 2. The molecule has 1 saturated heterocycles. The van der Waals surface area contributed by atoms with E-state index in [9.17, 15) is 8.42 Å². The highest BCUT2D eigenvalue weighted by atomic mass is 35.5. The van der Waals surface area contributed by atoms with Gasteiger partial charge >= 0.3 is 0 Å². The van der Waals surface area contributed by atoms with Crippen LogP contribution in [0.3, 0.4) is 0 Å². The molecule has 0 spiro atoms. The van der Waals surface area contributed by atoms with Crippen LogP contribution in [0.1, 0.15) is 31.2 Å². The Kier molecular flexibility index (Phi) is 5.54. The van der Waals surface area contributed by atoms with Gasteiger partial charge in [-0.25, -0.2) is 8.42 Å². The SMILES string of the molecule is Cc1ccc(S(=O)(=O)Nc2ccc(N3CCCCCC3)c(Cl)c2)cc1. The number of rotatable bonds is 4. The van der Waals surface area contributed by atoms with Gasteiger partial charge in [0.15, 0.2) is 0 Å². The Bertz CT molecular complexity index is 827. The van der Waals surface area contributed by atoms with Crippen LogP contribution in [-0.2, 0) is 10.0 Å². The molecular weight excluding hydrogens is 356 g/mol. The number of nitrogens with one attached hydrogen (secondary N) is 1. The van der Waals surface area contributed by atoms with Crippen LogP contribution in [0.25, 0.3) is 0 Å². The molecule has 1 fully saturated rings. The standard InChI is InChI=1S/C19H23ClN2O2S/c1-15-6-9-17(10-7-15)25(23,24)21-16-8-11-19(18(20)14-16)22-12-4-2-3-5-13-22/h6-11,14,21H,2-5,12-13H2,1H3. The molecule has 0 amide bonds. The van der Waals surface area contributed by atoms with Crippen molar-refractivity contribution < 1.29 is 8.42 Å². The maximum absolute atomic E-state index is 12.5. The average Bonchev–Trinajstić information content (AvgIpc) is 2.84. The first kappa shape index (κ1) is 18.1. The van der Waals surface area contributed by atoms with Crippen LogP contribution < -0.4 is 9.62 Å². The third-order valence-corrected chi connectivity index (χ3v) is 6.18. The monoisotopic (exact) mass is 378 g/mol. The first-order valence-electron chi connectivity index (χ1n) is 8.60. The second-order valence-corrected chi connectivity index (χ2v) is 8.58. The first-order chi connectivity index (χ1) is 12.0. The molecule has 6 heteroatoms. The number of halogens is 1. The topological polar surface area (TPSA) is 49.4 Å². The summed E-state index contributed by atoms with van der Waals surface area (Å²) in [6.45, 7) is 3.91. The van der Waals surface area contributed by atoms with Crippen molar-refractivity contribution in [2.75, 3.05) is 22.7 Å². The van der Waals surface area contributed by atoms with E-state index in [0.29, 0.717) is 10.7 Å². The van der Waals surface area contributed by atoms with Crippen LogP contribution in [0.15, 0.2) is 47.4 Å². The predicted octanol–water partition coefficient (Wildman–Crippen LogP) is 4.83. The van der Waals surface area contributed by atoms with Crippen LogP contribution in [0.4, 0.5) is 11.4 Å². The van der Waals surface area contributed by atoms with Crippen molar-refractivity contribution in [2.45, 2.75) is 37.5 Å².